The Morgan fingerprint density at radius 3 is 2.74 bits per heavy atom. The molecule has 2 aromatic heterocycles. The number of carbonyl (C=O) groups is 1. The third-order valence-corrected chi connectivity index (χ3v) is 5.47. The van der Waals surface area contributed by atoms with Gasteiger partial charge < -0.3 is 10.3 Å². The summed E-state index contributed by atoms with van der Waals surface area (Å²) in [5.74, 6) is -0.00970. The second-order valence-corrected chi connectivity index (χ2v) is 6.72. The van der Waals surface area contributed by atoms with Gasteiger partial charge in [-0.25, -0.2) is 4.98 Å². The molecule has 0 unspecified atom stereocenters. The Hall–Kier alpha value is -2.47. The lowest BCUT2D eigenvalue weighted by molar-refractivity contribution is 0.0994. The summed E-state index contributed by atoms with van der Waals surface area (Å²) in [6, 6.07) is 9.73. The molecule has 1 aromatic carbocycles. The first-order chi connectivity index (χ1) is 11.2. The fourth-order valence-electron chi connectivity index (χ4n) is 2.75. The van der Waals surface area contributed by atoms with Crippen LogP contribution in [0.4, 0.5) is 0 Å². The van der Waals surface area contributed by atoms with Crippen LogP contribution in [0, 0.1) is 0 Å². The van der Waals surface area contributed by atoms with E-state index >= 15 is 0 Å². The van der Waals surface area contributed by atoms with Gasteiger partial charge in [-0.15, -0.1) is 11.3 Å². The smallest absolute Gasteiger partial charge is 0.268 e. The van der Waals surface area contributed by atoms with E-state index in [2.05, 4.69) is 10.1 Å². The van der Waals surface area contributed by atoms with Crippen molar-refractivity contribution in [2.75, 3.05) is 0 Å². The summed E-state index contributed by atoms with van der Waals surface area (Å²) in [5.41, 5.74) is 8.64. The molecule has 1 aliphatic carbocycles. The van der Waals surface area contributed by atoms with Crippen LogP contribution >= 0.6 is 11.3 Å². The van der Waals surface area contributed by atoms with Gasteiger partial charge in [-0.1, -0.05) is 29.8 Å². The molecule has 0 radical (unpaired) electrons. The van der Waals surface area contributed by atoms with Crippen LogP contribution in [0.25, 0.3) is 21.8 Å². The molecule has 4 rings (SSSR count). The number of nitrogens with zero attached hydrogens (tertiary/aromatic N) is 2. The van der Waals surface area contributed by atoms with E-state index in [0.29, 0.717) is 11.6 Å². The summed E-state index contributed by atoms with van der Waals surface area (Å²) in [6.45, 7) is 0. The molecule has 0 atom stereocenters. The number of primary amides is 1. The van der Waals surface area contributed by atoms with Crippen LogP contribution in [0.5, 0.6) is 0 Å². The van der Waals surface area contributed by atoms with Gasteiger partial charge in [0.15, 0.2) is 0 Å². The lowest BCUT2D eigenvalue weighted by Gasteiger charge is -2.24. The second-order valence-electron chi connectivity index (χ2n) is 5.69. The van der Waals surface area contributed by atoms with Crippen molar-refractivity contribution in [2.45, 2.75) is 25.2 Å². The molecule has 3 aromatic rings. The fraction of sp³-hybridized carbons (Fsp3) is 0.235. The minimum Gasteiger partial charge on any atom is -0.364 e. The lowest BCUT2D eigenvalue weighted by atomic mass is 9.83. The van der Waals surface area contributed by atoms with E-state index < -0.39 is 5.91 Å². The van der Waals surface area contributed by atoms with Crippen molar-refractivity contribution >= 4 is 17.2 Å². The van der Waals surface area contributed by atoms with Gasteiger partial charge in [0.05, 0.1) is 0 Å². The van der Waals surface area contributed by atoms with Gasteiger partial charge >= 0.3 is 0 Å². The number of thiazole rings is 1. The monoisotopic (exact) mass is 325 g/mol. The molecule has 0 saturated heterocycles. The zero-order chi connectivity index (χ0) is 15.8. The number of hydrogen-bond acceptors (Lipinski definition) is 5. The largest absolute Gasteiger partial charge is 0.364 e. The fourth-order valence-corrected chi connectivity index (χ4v) is 3.99. The highest BCUT2D eigenvalue weighted by atomic mass is 32.1. The van der Waals surface area contributed by atoms with Crippen molar-refractivity contribution in [3.63, 3.8) is 0 Å². The highest BCUT2D eigenvalue weighted by molar-refractivity contribution is 7.15. The number of nitrogens with two attached hydrogens (primary N) is 1. The van der Waals surface area contributed by atoms with E-state index in [-0.39, 0.29) is 0 Å². The second kappa shape index (κ2) is 5.62. The molecule has 23 heavy (non-hydrogen) atoms. The van der Waals surface area contributed by atoms with Crippen molar-refractivity contribution in [3.8, 4) is 21.8 Å². The average Bonchev–Trinajstić information content (AvgIpc) is 3.15. The Morgan fingerprint density at radius 1 is 1.26 bits per heavy atom. The zero-order valence-electron chi connectivity index (χ0n) is 12.4. The van der Waals surface area contributed by atoms with Gasteiger partial charge in [0.1, 0.15) is 22.7 Å². The summed E-state index contributed by atoms with van der Waals surface area (Å²) in [7, 11) is 0. The van der Waals surface area contributed by atoms with Crippen molar-refractivity contribution in [1.29, 1.82) is 0 Å². The molecule has 1 amide bonds. The Kier molecular flexibility index (Phi) is 3.46. The summed E-state index contributed by atoms with van der Waals surface area (Å²) in [5, 5.41) is 4.78. The molecule has 0 spiro atoms. The molecule has 116 valence electrons. The third-order valence-electron chi connectivity index (χ3n) is 4.21. The van der Waals surface area contributed by atoms with E-state index in [4.69, 9.17) is 10.3 Å². The van der Waals surface area contributed by atoms with Gasteiger partial charge in [-0.05, 0) is 24.8 Å². The van der Waals surface area contributed by atoms with Crippen molar-refractivity contribution in [3.05, 3.63) is 47.2 Å². The maximum absolute atomic E-state index is 11.7. The van der Waals surface area contributed by atoms with E-state index in [1.807, 2.05) is 30.3 Å². The van der Waals surface area contributed by atoms with Crippen LogP contribution < -0.4 is 5.73 Å². The normalized spacial score (nSPS) is 14.6. The number of carbonyl (C=O) groups excluding carboxylic acids is 1. The first-order valence-electron chi connectivity index (χ1n) is 7.54. The molecule has 6 heteroatoms. The van der Waals surface area contributed by atoms with Gasteiger partial charge in [0.25, 0.3) is 5.91 Å². The minimum absolute atomic E-state index is 0.432. The van der Waals surface area contributed by atoms with Crippen LogP contribution in [-0.2, 0) is 0 Å². The standard InChI is InChI=1S/C17H15N3O2S/c18-16(21)14-15(10-3-1-4-10)23-17(19-14)12-6-2-5-11(9-12)13-7-8-22-20-13/h2,5-10H,1,3-4H2,(H2,18,21). The predicted molar refractivity (Wildman–Crippen MR) is 88.2 cm³/mol. The molecule has 0 aliphatic heterocycles. The SMILES string of the molecule is NC(=O)c1nc(-c2cccc(-c3ccon3)c2)sc1C1CCC1. The van der Waals surface area contributed by atoms with E-state index in [1.54, 1.807) is 17.6 Å². The number of amides is 1. The number of rotatable bonds is 4. The minimum atomic E-state index is -0.443. The number of benzene rings is 1. The van der Waals surface area contributed by atoms with Crippen molar-refractivity contribution in [2.24, 2.45) is 5.73 Å². The summed E-state index contributed by atoms with van der Waals surface area (Å²) < 4.78 is 4.90. The molecule has 2 N–H and O–H groups in total. The van der Waals surface area contributed by atoms with Crippen LogP contribution in [0.1, 0.15) is 40.5 Å². The topological polar surface area (TPSA) is 82.0 Å². The summed E-state index contributed by atoms with van der Waals surface area (Å²) >= 11 is 1.58. The Labute approximate surface area is 137 Å². The maximum Gasteiger partial charge on any atom is 0.268 e. The molecular weight excluding hydrogens is 310 g/mol. The first-order valence-corrected chi connectivity index (χ1v) is 8.36. The number of hydrogen-bond donors (Lipinski definition) is 1. The average molecular weight is 325 g/mol. The highest BCUT2D eigenvalue weighted by Crippen LogP contribution is 2.43. The Morgan fingerprint density at radius 2 is 2.09 bits per heavy atom. The van der Waals surface area contributed by atoms with Crippen LogP contribution in [-0.4, -0.2) is 16.0 Å². The first kappa shape index (κ1) is 14.1. The van der Waals surface area contributed by atoms with E-state index in [0.717, 1.165) is 39.5 Å². The van der Waals surface area contributed by atoms with Gasteiger partial charge in [0.2, 0.25) is 0 Å². The van der Waals surface area contributed by atoms with Gasteiger partial charge in [-0.3, -0.25) is 4.79 Å². The van der Waals surface area contributed by atoms with Crippen LogP contribution in [0.3, 0.4) is 0 Å². The maximum atomic E-state index is 11.7. The third kappa shape index (κ3) is 2.55. The quantitative estimate of drug-likeness (QED) is 0.790. The lowest BCUT2D eigenvalue weighted by Crippen LogP contribution is -2.17. The molecule has 1 fully saturated rings. The molecular formula is C17H15N3O2S. The molecule has 1 saturated carbocycles. The van der Waals surface area contributed by atoms with E-state index in [9.17, 15) is 4.79 Å². The Bertz CT molecular complexity index is 851. The molecule has 0 bridgehead atoms. The molecule has 5 nitrogen and oxygen atoms in total. The van der Waals surface area contributed by atoms with E-state index in [1.165, 1.54) is 6.42 Å². The molecule has 1 aliphatic rings. The number of aromatic nitrogens is 2. The van der Waals surface area contributed by atoms with Gasteiger partial charge in [-0.2, -0.15) is 0 Å². The van der Waals surface area contributed by atoms with Crippen molar-refractivity contribution in [1.82, 2.24) is 10.1 Å². The highest BCUT2D eigenvalue weighted by Gasteiger charge is 2.28. The Balaban J connectivity index is 1.76. The van der Waals surface area contributed by atoms with Crippen LogP contribution in [0.2, 0.25) is 0 Å². The zero-order valence-corrected chi connectivity index (χ0v) is 13.2. The molecule has 2 heterocycles. The van der Waals surface area contributed by atoms with Crippen LogP contribution in [0.15, 0.2) is 41.1 Å². The van der Waals surface area contributed by atoms with Crippen molar-refractivity contribution < 1.29 is 9.32 Å². The summed E-state index contributed by atoms with van der Waals surface area (Å²) in [6.07, 6.45) is 4.98. The van der Waals surface area contributed by atoms with Gasteiger partial charge in [0, 0.05) is 22.1 Å². The predicted octanol–water partition coefficient (Wildman–Crippen LogP) is 3.83. The summed E-state index contributed by atoms with van der Waals surface area (Å²) in [4.78, 5) is 17.2.